The molecule has 5 nitrogen and oxygen atoms in total. The van der Waals surface area contributed by atoms with Crippen LogP contribution in [-0.4, -0.2) is 51.2 Å². The number of rotatable bonds is 7. The van der Waals surface area contributed by atoms with Crippen molar-refractivity contribution in [2.75, 3.05) is 34.3 Å². The van der Waals surface area contributed by atoms with E-state index < -0.39 is 0 Å². The van der Waals surface area contributed by atoms with Gasteiger partial charge < -0.3 is 20.3 Å². The van der Waals surface area contributed by atoms with Gasteiger partial charge in [-0.2, -0.15) is 0 Å². The quantitative estimate of drug-likeness (QED) is 0.589. The summed E-state index contributed by atoms with van der Waals surface area (Å²) in [5.41, 5.74) is 1.20. The maximum atomic E-state index is 5.81. The molecule has 1 aromatic rings. The Balaban J connectivity index is 1.78. The molecule has 2 N–H and O–H groups in total. The number of hydrogen-bond acceptors (Lipinski definition) is 3. The SMILES string of the molecule is CN=C(NCc1cccc(OCCN(C)C)c1)NC1CCC(C)CC1. The molecule has 0 heterocycles. The Morgan fingerprint density at radius 1 is 1.24 bits per heavy atom. The Kier molecular flexibility index (Phi) is 8.06. The van der Waals surface area contributed by atoms with Crippen LogP contribution in [0.1, 0.15) is 38.2 Å². The third-order valence-corrected chi connectivity index (χ3v) is 4.75. The zero-order valence-electron chi connectivity index (χ0n) is 16.2. The Bertz CT molecular complexity index is 536. The lowest BCUT2D eigenvalue weighted by atomic mass is 9.87. The molecule has 0 atom stereocenters. The standard InChI is InChI=1S/C20H34N4O/c1-16-8-10-18(11-9-16)23-20(21-2)22-15-17-6-5-7-19(14-17)25-13-12-24(3)4/h5-7,14,16,18H,8-13,15H2,1-4H3,(H2,21,22,23). The van der Waals surface area contributed by atoms with Crippen LogP contribution < -0.4 is 15.4 Å². The van der Waals surface area contributed by atoms with Crippen molar-refractivity contribution in [2.45, 2.75) is 45.2 Å². The Hall–Kier alpha value is -1.75. The van der Waals surface area contributed by atoms with Crippen LogP contribution in [0, 0.1) is 5.92 Å². The van der Waals surface area contributed by atoms with Gasteiger partial charge in [0.05, 0.1) is 0 Å². The molecular weight excluding hydrogens is 312 g/mol. The van der Waals surface area contributed by atoms with E-state index in [0.717, 1.165) is 30.7 Å². The highest BCUT2D eigenvalue weighted by Gasteiger charge is 2.18. The van der Waals surface area contributed by atoms with Crippen molar-refractivity contribution in [2.24, 2.45) is 10.9 Å². The largest absolute Gasteiger partial charge is 0.492 e. The lowest BCUT2D eigenvalue weighted by Crippen LogP contribution is -2.44. The van der Waals surface area contributed by atoms with Gasteiger partial charge >= 0.3 is 0 Å². The van der Waals surface area contributed by atoms with Crippen LogP contribution in [0.15, 0.2) is 29.3 Å². The van der Waals surface area contributed by atoms with Gasteiger partial charge in [0.2, 0.25) is 0 Å². The Morgan fingerprint density at radius 3 is 2.68 bits per heavy atom. The van der Waals surface area contributed by atoms with Crippen molar-refractivity contribution < 1.29 is 4.74 Å². The summed E-state index contributed by atoms with van der Waals surface area (Å²) < 4.78 is 5.81. The van der Waals surface area contributed by atoms with Crippen LogP contribution in [0.25, 0.3) is 0 Å². The smallest absolute Gasteiger partial charge is 0.191 e. The van der Waals surface area contributed by atoms with Crippen LogP contribution >= 0.6 is 0 Å². The van der Waals surface area contributed by atoms with E-state index in [0.29, 0.717) is 12.6 Å². The molecule has 0 aromatic heterocycles. The topological polar surface area (TPSA) is 48.9 Å². The number of ether oxygens (including phenoxy) is 1. The van der Waals surface area contributed by atoms with Gasteiger partial charge in [0, 0.05) is 26.2 Å². The Labute approximate surface area is 152 Å². The first-order valence-electron chi connectivity index (χ1n) is 9.40. The third-order valence-electron chi connectivity index (χ3n) is 4.75. The van der Waals surface area contributed by atoms with Crippen LogP contribution in [0.2, 0.25) is 0 Å². The molecule has 1 aromatic carbocycles. The highest BCUT2D eigenvalue weighted by Crippen LogP contribution is 2.23. The fraction of sp³-hybridized carbons (Fsp3) is 0.650. The van der Waals surface area contributed by atoms with Crippen molar-refractivity contribution in [3.8, 4) is 5.75 Å². The van der Waals surface area contributed by atoms with Gasteiger partial charge in [0.15, 0.2) is 5.96 Å². The lowest BCUT2D eigenvalue weighted by Gasteiger charge is -2.28. The van der Waals surface area contributed by atoms with Gasteiger partial charge in [-0.3, -0.25) is 4.99 Å². The minimum atomic E-state index is 0.545. The molecule has 1 aliphatic rings. The van der Waals surface area contributed by atoms with Crippen molar-refractivity contribution in [1.82, 2.24) is 15.5 Å². The molecule has 5 heteroatoms. The number of aliphatic imine (C=N–C) groups is 1. The van der Waals surface area contributed by atoms with E-state index in [9.17, 15) is 0 Å². The van der Waals surface area contributed by atoms with Crippen molar-refractivity contribution in [1.29, 1.82) is 0 Å². The highest BCUT2D eigenvalue weighted by atomic mass is 16.5. The summed E-state index contributed by atoms with van der Waals surface area (Å²) in [7, 11) is 5.94. The number of hydrogen-bond donors (Lipinski definition) is 2. The lowest BCUT2D eigenvalue weighted by molar-refractivity contribution is 0.261. The van der Waals surface area contributed by atoms with E-state index >= 15 is 0 Å². The van der Waals surface area contributed by atoms with Crippen molar-refractivity contribution >= 4 is 5.96 Å². The molecule has 1 saturated carbocycles. The van der Waals surface area contributed by atoms with Crippen molar-refractivity contribution in [3.63, 3.8) is 0 Å². The molecule has 0 spiro atoms. The summed E-state index contributed by atoms with van der Waals surface area (Å²) in [4.78, 5) is 6.48. The summed E-state index contributed by atoms with van der Waals surface area (Å²) in [6.45, 7) is 4.71. The van der Waals surface area contributed by atoms with Crippen molar-refractivity contribution in [3.05, 3.63) is 29.8 Å². The third kappa shape index (κ3) is 7.34. The predicted octanol–water partition coefficient (Wildman–Crippen LogP) is 2.87. The van der Waals surface area contributed by atoms with E-state index in [1.54, 1.807) is 0 Å². The van der Waals surface area contributed by atoms with E-state index in [4.69, 9.17) is 4.74 Å². The van der Waals surface area contributed by atoms with Gasteiger partial charge in [0.1, 0.15) is 12.4 Å². The summed E-state index contributed by atoms with van der Waals surface area (Å²) in [6.07, 6.45) is 5.08. The second-order valence-electron chi connectivity index (χ2n) is 7.33. The van der Waals surface area contributed by atoms with Crippen LogP contribution in [0.3, 0.4) is 0 Å². The average molecular weight is 347 g/mol. The summed E-state index contributed by atoms with van der Waals surface area (Å²) >= 11 is 0. The number of benzene rings is 1. The zero-order valence-corrected chi connectivity index (χ0v) is 16.2. The molecule has 25 heavy (non-hydrogen) atoms. The molecule has 0 saturated heterocycles. The molecule has 0 bridgehead atoms. The first kappa shape index (κ1) is 19.6. The molecular formula is C20H34N4O. The fourth-order valence-electron chi connectivity index (χ4n) is 3.07. The normalized spacial score (nSPS) is 21.2. The van der Waals surface area contributed by atoms with Gasteiger partial charge in [-0.15, -0.1) is 0 Å². The number of guanidine groups is 1. The van der Waals surface area contributed by atoms with E-state index in [1.807, 2.05) is 19.2 Å². The van der Waals surface area contributed by atoms with E-state index in [2.05, 4.69) is 53.7 Å². The van der Waals surface area contributed by atoms with E-state index in [-0.39, 0.29) is 0 Å². The highest BCUT2D eigenvalue weighted by molar-refractivity contribution is 5.79. The molecule has 0 amide bonds. The fourth-order valence-corrected chi connectivity index (χ4v) is 3.07. The first-order chi connectivity index (χ1) is 12.1. The average Bonchev–Trinajstić information content (AvgIpc) is 2.60. The maximum Gasteiger partial charge on any atom is 0.191 e. The molecule has 1 fully saturated rings. The second-order valence-corrected chi connectivity index (χ2v) is 7.33. The van der Waals surface area contributed by atoms with Gasteiger partial charge in [-0.05, 0) is 63.4 Å². The predicted molar refractivity (Wildman–Crippen MR) is 105 cm³/mol. The molecule has 0 unspecified atom stereocenters. The molecule has 140 valence electrons. The van der Waals surface area contributed by atoms with Gasteiger partial charge in [0.25, 0.3) is 0 Å². The minimum absolute atomic E-state index is 0.545. The number of likely N-dealkylation sites (N-methyl/N-ethyl adjacent to an activating group) is 1. The maximum absolute atomic E-state index is 5.81. The first-order valence-corrected chi connectivity index (χ1v) is 9.40. The van der Waals surface area contributed by atoms with Gasteiger partial charge in [-0.1, -0.05) is 19.1 Å². The monoisotopic (exact) mass is 346 g/mol. The summed E-state index contributed by atoms with van der Waals surface area (Å²) in [5, 5.41) is 6.98. The minimum Gasteiger partial charge on any atom is -0.492 e. The van der Waals surface area contributed by atoms with E-state index in [1.165, 1.54) is 31.2 Å². The number of nitrogens with zero attached hydrogens (tertiary/aromatic N) is 2. The molecule has 0 radical (unpaired) electrons. The zero-order chi connectivity index (χ0) is 18.1. The molecule has 2 rings (SSSR count). The second kappa shape index (κ2) is 10.3. The van der Waals surface area contributed by atoms with Crippen LogP contribution in [-0.2, 0) is 6.54 Å². The van der Waals surface area contributed by atoms with Crippen LogP contribution in [0.4, 0.5) is 0 Å². The Morgan fingerprint density at radius 2 is 2.00 bits per heavy atom. The molecule has 1 aliphatic carbocycles. The number of nitrogens with one attached hydrogen (secondary N) is 2. The summed E-state index contributed by atoms with van der Waals surface area (Å²) in [6, 6.07) is 8.80. The van der Waals surface area contributed by atoms with Gasteiger partial charge in [-0.25, -0.2) is 0 Å². The van der Waals surface area contributed by atoms with Crippen LogP contribution in [0.5, 0.6) is 5.75 Å². The molecule has 0 aliphatic heterocycles. The summed E-state index contributed by atoms with van der Waals surface area (Å²) in [5.74, 6) is 2.67.